The van der Waals surface area contributed by atoms with Crippen LogP contribution in [0.4, 0.5) is 0 Å². The molecule has 0 spiro atoms. The average Bonchev–Trinajstić information content (AvgIpc) is 2.70. The molecule has 0 amide bonds. The fraction of sp³-hybridized carbons (Fsp3) is 0.929. The van der Waals surface area contributed by atoms with Gasteiger partial charge in [0.1, 0.15) is 5.78 Å². The third kappa shape index (κ3) is 0.848. The summed E-state index contributed by atoms with van der Waals surface area (Å²) in [6, 6.07) is 0. The number of carbonyl (C=O) groups excluding carboxylic acids is 1. The number of fused-ring (bicyclic) bond motifs is 3. The second-order valence-electron chi connectivity index (χ2n) is 6.99. The maximum atomic E-state index is 11.7. The molecule has 3 saturated carbocycles. The van der Waals surface area contributed by atoms with Crippen molar-refractivity contribution >= 4 is 5.78 Å². The molecule has 0 bridgehead atoms. The van der Waals surface area contributed by atoms with Gasteiger partial charge in [0, 0.05) is 12.8 Å². The predicted octanol–water partition coefficient (Wildman–Crippen LogP) is 2.54. The van der Waals surface area contributed by atoms with Crippen LogP contribution in [0.2, 0.25) is 0 Å². The number of aliphatic hydroxyl groups is 1. The molecule has 90 valence electrons. The van der Waals surface area contributed by atoms with Crippen LogP contribution in [0.1, 0.15) is 52.9 Å². The van der Waals surface area contributed by atoms with E-state index in [1.54, 1.807) is 0 Å². The third-order valence-corrected chi connectivity index (χ3v) is 6.76. The van der Waals surface area contributed by atoms with Crippen molar-refractivity contribution in [3.63, 3.8) is 0 Å². The van der Waals surface area contributed by atoms with Crippen molar-refractivity contribution in [2.45, 2.75) is 59.0 Å². The van der Waals surface area contributed by atoms with Gasteiger partial charge < -0.3 is 5.11 Å². The molecule has 0 heterocycles. The zero-order valence-corrected chi connectivity index (χ0v) is 10.5. The van der Waals surface area contributed by atoms with E-state index in [-0.39, 0.29) is 28.3 Å². The minimum atomic E-state index is -0.267. The number of aliphatic hydroxyl groups excluding tert-OH is 1. The first kappa shape index (κ1) is 10.8. The number of rotatable bonds is 0. The topological polar surface area (TPSA) is 37.3 Å². The summed E-state index contributed by atoms with van der Waals surface area (Å²) in [5.74, 6) is 0.581. The molecule has 0 aliphatic heterocycles. The van der Waals surface area contributed by atoms with E-state index in [1.807, 2.05) is 0 Å². The van der Waals surface area contributed by atoms with Gasteiger partial charge in [-0.2, -0.15) is 0 Å². The van der Waals surface area contributed by atoms with E-state index in [2.05, 4.69) is 20.8 Å². The van der Waals surface area contributed by atoms with Crippen LogP contribution in [0.5, 0.6) is 0 Å². The van der Waals surface area contributed by atoms with E-state index in [0.29, 0.717) is 18.6 Å². The van der Waals surface area contributed by atoms with Crippen LogP contribution in [-0.4, -0.2) is 17.0 Å². The summed E-state index contributed by atoms with van der Waals surface area (Å²) in [6.07, 6.45) is 4.56. The van der Waals surface area contributed by atoms with Gasteiger partial charge >= 0.3 is 0 Å². The SMILES string of the molecule is C[C@]12CCC[C@@]1(C)[C@H](O)[C@H]1CC(=O)C[C@]12C. The lowest BCUT2D eigenvalue weighted by Crippen LogP contribution is -2.41. The lowest BCUT2D eigenvalue weighted by Gasteiger charge is -2.45. The molecular weight excluding hydrogens is 200 g/mol. The zero-order chi connectivity index (χ0) is 11.8. The standard InChI is InChI=1S/C14H22O2/c1-12-5-4-6-14(12,3)13(2)8-9(15)7-10(13)11(12)16/h10-11,16H,4-8H2,1-3H3/t10-,11-,12+,13-,14+/m1/s1. The number of Topliss-reactive ketones (excluding diaryl/α,β-unsaturated/α-hetero) is 1. The maximum Gasteiger partial charge on any atom is 0.133 e. The Bertz CT molecular complexity index is 364. The quantitative estimate of drug-likeness (QED) is 0.684. The Balaban J connectivity index is 2.14. The minimum Gasteiger partial charge on any atom is -0.392 e. The first-order valence-electron chi connectivity index (χ1n) is 6.55. The number of hydrogen-bond acceptors (Lipinski definition) is 2. The molecule has 0 aromatic carbocycles. The molecule has 3 aliphatic rings. The van der Waals surface area contributed by atoms with E-state index in [4.69, 9.17) is 0 Å². The summed E-state index contributed by atoms with van der Waals surface area (Å²) in [5, 5.41) is 10.6. The van der Waals surface area contributed by atoms with Crippen molar-refractivity contribution in [1.29, 1.82) is 0 Å². The molecule has 0 aromatic rings. The zero-order valence-electron chi connectivity index (χ0n) is 10.5. The van der Waals surface area contributed by atoms with E-state index < -0.39 is 0 Å². The van der Waals surface area contributed by atoms with Crippen molar-refractivity contribution in [3.8, 4) is 0 Å². The monoisotopic (exact) mass is 222 g/mol. The summed E-state index contributed by atoms with van der Waals surface area (Å²) in [4.78, 5) is 11.7. The Morgan fingerprint density at radius 3 is 2.56 bits per heavy atom. The molecule has 3 aliphatic carbocycles. The van der Waals surface area contributed by atoms with Crippen molar-refractivity contribution in [2.24, 2.45) is 22.2 Å². The second-order valence-corrected chi connectivity index (χ2v) is 6.99. The second kappa shape index (κ2) is 2.72. The highest BCUT2D eigenvalue weighted by atomic mass is 16.3. The number of carbonyl (C=O) groups is 1. The highest BCUT2D eigenvalue weighted by molar-refractivity contribution is 5.82. The molecule has 1 N–H and O–H groups in total. The Morgan fingerprint density at radius 1 is 1.19 bits per heavy atom. The van der Waals surface area contributed by atoms with E-state index >= 15 is 0 Å². The first-order valence-corrected chi connectivity index (χ1v) is 6.55. The fourth-order valence-electron chi connectivity index (χ4n) is 5.37. The van der Waals surface area contributed by atoms with Crippen LogP contribution in [0, 0.1) is 22.2 Å². The molecule has 0 saturated heterocycles. The van der Waals surface area contributed by atoms with Gasteiger partial charge in [0.25, 0.3) is 0 Å². The highest BCUT2D eigenvalue weighted by Gasteiger charge is 2.73. The average molecular weight is 222 g/mol. The lowest BCUT2D eigenvalue weighted by atomic mass is 9.59. The molecule has 3 rings (SSSR count). The van der Waals surface area contributed by atoms with Crippen molar-refractivity contribution < 1.29 is 9.90 Å². The smallest absolute Gasteiger partial charge is 0.133 e. The molecule has 0 unspecified atom stereocenters. The normalized spacial score (nSPS) is 60.1. The molecule has 2 nitrogen and oxygen atoms in total. The van der Waals surface area contributed by atoms with Gasteiger partial charge in [-0.3, -0.25) is 4.79 Å². The summed E-state index contributed by atoms with van der Waals surface area (Å²) in [5.41, 5.74) is 0.262. The largest absolute Gasteiger partial charge is 0.392 e. The maximum absolute atomic E-state index is 11.7. The molecule has 2 heteroatoms. The van der Waals surface area contributed by atoms with Crippen molar-refractivity contribution in [1.82, 2.24) is 0 Å². The molecule has 5 atom stereocenters. The van der Waals surface area contributed by atoms with Crippen LogP contribution in [0.25, 0.3) is 0 Å². The highest BCUT2D eigenvalue weighted by Crippen LogP contribution is 2.75. The van der Waals surface area contributed by atoms with Gasteiger partial charge in [-0.1, -0.05) is 27.2 Å². The Hall–Kier alpha value is -0.370. The van der Waals surface area contributed by atoms with Crippen LogP contribution < -0.4 is 0 Å². The Morgan fingerprint density at radius 2 is 1.88 bits per heavy atom. The van der Waals surface area contributed by atoms with E-state index in [0.717, 1.165) is 6.42 Å². The minimum absolute atomic E-state index is 0.0487. The summed E-state index contributed by atoms with van der Waals surface area (Å²) >= 11 is 0. The molecule has 3 fully saturated rings. The Kier molecular flexibility index (Phi) is 1.83. The van der Waals surface area contributed by atoms with Crippen molar-refractivity contribution in [3.05, 3.63) is 0 Å². The fourth-order valence-corrected chi connectivity index (χ4v) is 5.37. The third-order valence-electron chi connectivity index (χ3n) is 6.76. The Labute approximate surface area is 97.4 Å². The van der Waals surface area contributed by atoms with Crippen molar-refractivity contribution in [2.75, 3.05) is 0 Å². The van der Waals surface area contributed by atoms with Gasteiger partial charge in [0.05, 0.1) is 6.10 Å². The molecular formula is C14H22O2. The predicted molar refractivity (Wildman–Crippen MR) is 61.9 cm³/mol. The summed E-state index contributed by atoms with van der Waals surface area (Å²) < 4.78 is 0. The summed E-state index contributed by atoms with van der Waals surface area (Å²) in [6.45, 7) is 6.82. The van der Waals surface area contributed by atoms with Crippen LogP contribution in [0.15, 0.2) is 0 Å². The number of hydrogen-bond donors (Lipinski definition) is 1. The molecule has 0 radical (unpaired) electrons. The lowest BCUT2D eigenvalue weighted by molar-refractivity contribution is -0.120. The first-order chi connectivity index (χ1) is 7.35. The van der Waals surface area contributed by atoms with Gasteiger partial charge in [-0.25, -0.2) is 0 Å². The van der Waals surface area contributed by atoms with E-state index in [1.165, 1.54) is 12.8 Å². The van der Waals surface area contributed by atoms with Gasteiger partial charge in [0.2, 0.25) is 0 Å². The summed E-state index contributed by atoms with van der Waals surface area (Å²) in [7, 11) is 0. The van der Waals surface area contributed by atoms with Crippen LogP contribution >= 0.6 is 0 Å². The van der Waals surface area contributed by atoms with Crippen LogP contribution in [-0.2, 0) is 4.79 Å². The van der Waals surface area contributed by atoms with Crippen LogP contribution in [0.3, 0.4) is 0 Å². The molecule has 0 aromatic heterocycles. The van der Waals surface area contributed by atoms with Gasteiger partial charge in [-0.15, -0.1) is 0 Å². The van der Waals surface area contributed by atoms with E-state index in [9.17, 15) is 9.90 Å². The van der Waals surface area contributed by atoms with Gasteiger partial charge in [-0.05, 0) is 35.0 Å². The number of ketones is 1. The van der Waals surface area contributed by atoms with Gasteiger partial charge in [0.15, 0.2) is 0 Å². The molecule has 16 heavy (non-hydrogen) atoms.